The molecule has 1 aliphatic heterocycles. The van der Waals surface area contributed by atoms with Crippen LogP contribution < -0.4 is 15.5 Å². The zero-order valence-electron chi connectivity index (χ0n) is 22.8. The van der Waals surface area contributed by atoms with E-state index in [-0.39, 0.29) is 18.0 Å². The van der Waals surface area contributed by atoms with Gasteiger partial charge in [0.25, 0.3) is 0 Å². The van der Waals surface area contributed by atoms with Gasteiger partial charge in [-0.2, -0.15) is 0 Å². The maximum Gasteiger partial charge on any atom is 0.232 e. The Hall–Kier alpha value is -3.83. The summed E-state index contributed by atoms with van der Waals surface area (Å²) in [6.07, 6.45) is 10.3. The summed E-state index contributed by atoms with van der Waals surface area (Å²) < 4.78 is 0. The summed E-state index contributed by atoms with van der Waals surface area (Å²) in [5, 5.41) is 8.02. The number of nitrogens with one attached hydrogen (secondary N) is 2. The van der Waals surface area contributed by atoms with Crippen LogP contribution in [0.2, 0.25) is 5.02 Å². The topological polar surface area (TPSA) is 57.3 Å². The zero-order chi connectivity index (χ0) is 27.5. The Balaban J connectivity index is 1.32. The van der Waals surface area contributed by atoms with Crippen LogP contribution in [0.15, 0.2) is 91.3 Å². The van der Waals surface area contributed by atoms with Crippen LogP contribution in [0.25, 0.3) is 0 Å². The fraction of sp³-hybridized carbons (Fsp3) is 0.294. The minimum atomic E-state index is -0.240. The van der Waals surface area contributed by atoms with Gasteiger partial charge in [0.2, 0.25) is 5.91 Å². The highest BCUT2D eigenvalue weighted by molar-refractivity contribution is 6.30. The van der Waals surface area contributed by atoms with Crippen LogP contribution >= 0.6 is 11.6 Å². The third kappa shape index (κ3) is 5.71. The van der Waals surface area contributed by atoms with Gasteiger partial charge in [0.05, 0.1) is 12.5 Å². The minimum Gasteiger partial charge on any atom is -0.382 e. The van der Waals surface area contributed by atoms with Crippen LogP contribution in [0, 0.1) is 0 Å². The Morgan fingerprint density at radius 1 is 0.875 bits per heavy atom. The molecule has 40 heavy (non-hydrogen) atoms. The zero-order valence-corrected chi connectivity index (χ0v) is 23.6. The summed E-state index contributed by atoms with van der Waals surface area (Å²) >= 11 is 6.27. The van der Waals surface area contributed by atoms with E-state index in [2.05, 4.69) is 52.9 Å². The van der Waals surface area contributed by atoms with Gasteiger partial charge in [0.1, 0.15) is 0 Å². The molecule has 4 aromatic rings. The molecule has 2 N–H and O–H groups in total. The second-order valence-electron chi connectivity index (χ2n) is 11.0. The van der Waals surface area contributed by atoms with Gasteiger partial charge >= 0.3 is 0 Å². The molecule has 0 spiro atoms. The van der Waals surface area contributed by atoms with Gasteiger partial charge in [-0.3, -0.25) is 9.78 Å². The van der Waals surface area contributed by atoms with Gasteiger partial charge in [0, 0.05) is 46.6 Å². The normalized spacial score (nSPS) is 18.2. The van der Waals surface area contributed by atoms with Crippen LogP contribution in [0.3, 0.4) is 0 Å². The number of hydrogen-bond donors (Lipinski definition) is 2. The first-order valence-electron chi connectivity index (χ1n) is 14.3. The standard InChI is InChI=1S/C34H35ClN4O/c1-23(24-17-19-36-20-18-24)37-29-13-15-31(16-14-29)39-33(40)21-26-9-12-30(38-28-5-3-2-4-6-28)22-32(26)34(39)25-7-10-27(35)11-8-25/h7-20,22-23,28,34,37-38H,2-6,21H2,1H3. The monoisotopic (exact) mass is 550 g/mol. The number of benzene rings is 3. The van der Waals surface area contributed by atoms with E-state index in [1.165, 1.54) is 37.7 Å². The first-order valence-corrected chi connectivity index (χ1v) is 14.7. The lowest BCUT2D eigenvalue weighted by molar-refractivity contribution is -0.118. The Morgan fingerprint density at radius 3 is 2.30 bits per heavy atom. The Bertz CT molecular complexity index is 1450. The van der Waals surface area contributed by atoms with Gasteiger partial charge < -0.3 is 15.5 Å². The number of carbonyl (C=O) groups is 1. The molecule has 2 atom stereocenters. The van der Waals surface area contributed by atoms with Gasteiger partial charge in [0.15, 0.2) is 0 Å². The Kier molecular flexibility index (Phi) is 7.74. The number of carbonyl (C=O) groups excluding carboxylic acids is 1. The second kappa shape index (κ2) is 11.7. The number of aromatic nitrogens is 1. The third-order valence-corrected chi connectivity index (χ3v) is 8.46. The summed E-state index contributed by atoms with van der Waals surface area (Å²) in [5.41, 5.74) is 7.47. The molecule has 2 unspecified atom stereocenters. The van der Waals surface area contributed by atoms with Crippen LogP contribution in [-0.2, 0) is 11.2 Å². The van der Waals surface area contributed by atoms with Crippen LogP contribution in [0.5, 0.6) is 0 Å². The van der Waals surface area contributed by atoms with Crippen molar-refractivity contribution in [3.8, 4) is 0 Å². The van der Waals surface area contributed by atoms with Crippen LogP contribution in [0.1, 0.15) is 73.4 Å². The molecule has 1 aromatic heterocycles. The van der Waals surface area contributed by atoms with E-state index < -0.39 is 0 Å². The lowest BCUT2D eigenvalue weighted by Crippen LogP contribution is -2.41. The van der Waals surface area contributed by atoms with Crippen molar-refractivity contribution >= 4 is 34.6 Å². The number of halogens is 1. The van der Waals surface area contributed by atoms with Crippen molar-refractivity contribution < 1.29 is 4.79 Å². The molecule has 1 amide bonds. The summed E-state index contributed by atoms with van der Waals surface area (Å²) in [6.45, 7) is 2.13. The average Bonchev–Trinajstić information content (AvgIpc) is 2.99. The minimum absolute atomic E-state index is 0.0892. The van der Waals surface area contributed by atoms with E-state index in [9.17, 15) is 4.79 Å². The van der Waals surface area contributed by atoms with Gasteiger partial charge in [-0.25, -0.2) is 0 Å². The molecule has 204 valence electrons. The number of fused-ring (bicyclic) bond motifs is 1. The van der Waals surface area contributed by atoms with E-state index in [1.807, 2.05) is 65.8 Å². The highest BCUT2D eigenvalue weighted by Crippen LogP contribution is 2.41. The predicted molar refractivity (Wildman–Crippen MR) is 164 cm³/mol. The maximum atomic E-state index is 13.7. The maximum absolute atomic E-state index is 13.7. The fourth-order valence-electron chi connectivity index (χ4n) is 6.08. The van der Waals surface area contributed by atoms with Gasteiger partial charge in [-0.1, -0.05) is 49.1 Å². The van der Waals surface area contributed by atoms with E-state index in [1.54, 1.807) is 0 Å². The van der Waals surface area contributed by atoms with Crippen LogP contribution in [0.4, 0.5) is 17.1 Å². The number of nitrogens with zero attached hydrogens (tertiary/aromatic N) is 2. The van der Waals surface area contributed by atoms with Gasteiger partial charge in [-0.15, -0.1) is 0 Å². The average molecular weight is 551 g/mol. The second-order valence-corrected chi connectivity index (χ2v) is 11.4. The molecular weight excluding hydrogens is 516 g/mol. The molecule has 2 aliphatic rings. The highest BCUT2D eigenvalue weighted by atomic mass is 35.5. The molecule has 3 aromatic carbocycles. The van der Waals surface area contributed by atoms with Crippen LogP contribution in [-0.4, -0.2) is 16.9 Å². The van der Waals surface area contributed by atoms with Crippen molar-refractivity contribution in [3.05, 3.63) is 119 Å². The Labute approximate surface area is 241 Å². The summed E-state index contributed by atoms with van der Waals surface area (Å²) in [7, 11) is 0. The molecule has 0 saturated heterocycles. The molecule has 5 nitrogen and oxygen atoms in total. The van der Waals surface area contributed by atoms with Crippen molar-refractivity contribution in [1.82, 2.24) is 4.98 Å². The lowest BCUT2D eigenvalue weighted by atomic mass is 9.86. The summed E-state index contributed by atoms with van der Waals surface area (Å²) in [5.74, 6) is 0.0892. The first-order chi connectivity index (χ1) is 19.5. The third-order valence-electron chi connectivity index (χ3n) is 8.21. The predicted octanol–water partition coefficient (Wildman–Crippen LogP) is 8.33. The number of hydrogen-bond acceptors (Lipinski definition) is 4. The number of anilines is 3. The molecule has 2 heterocycles. The largest absolute Gasteiger partial charge is 0.382 e. The quantitative estimate of drug-likeness (QED) is 0.243. The fourth-order valence-corrected chi connectivity index (χ4v) is 6.21. The number of rotatable bonds is 7. The highest BCUT2D eigenvalue weighted by Gasteiger charge is 2.35. The molecule has 6 rings (SSSR count). The SMILES string of the molecule is CC(Nc1ccc(N2C(=O)Cc3ccc(NC4CCCCC4)cc3C2c2ccc(Cl)cc2)cc1)c1ccncc1. The van der Waals surface area contributed by atoms with Gasteiger partial charge in [-0.05, 0) is 103 Å². The number of amides is 1. The molecule has 1 fully saturated rings. The molecule has 0 bridgehead atoms. The Morgan fingerprint density at radius 2 is 1.57 bits per heavy atom. The summed E-state index contributed by atoms with van der Waals surface area (Å²) in [4.78, 5) is 19.8. The number of pyridine rings is 1. The molecular formula is C34H35ClN4O. The van der Waals surface area contributed by atoms with Crippen molar-refractivity contribution in [2.24, 2.45) is 0 Å². The van der Waals surface area contributed by atoms with E-state index in [4.69, 9.17) is 11.6 Å². The molecule has 0 radical (unpaired) electrons. The van der Waals surface area contributed by atoms with Crippen molar-refractivity contribution in [1.29, 1.82) is 0 Å². The smallest absolute Gasteiger partial charge is 0.232 e. The van der Waals surface area contributed by atoms with E-state index in [0.717, 1.165) is 33.8 Å². The molecule has 6 heteroatoms. The first kappa shape index (κ1) is 26.4. The van der Waals surface area contributed by atoms with Crippen molar-refractivity contribution in [2.45, 2.75) is 63.6 Å². The van der Waals surface area contributed by atoms with E-state index in [0.29, 0.717) is 17.5 Å². The molecule has 1 aliphatic carbocycles. The van der Waals surface area contributed by atoms with Crippen molar-refractivity contribution in [3.63, 3.8) is 0 Å². The van der Waals surface area contributed by atoms with E-state index >= 15 is 0 Å². The molecule has 1 saturated carbocycles. The summed E-state index contributed by atoms with van der Waals surface area (Å²) in [6, 6.07) is 27.0. The lowest BCUT2D eigenvalue weighted by Gasteiger charge is -2.38. The van der Waals surface area contributed by atoms with Crippen molar-refractivity contribution in [2.75, 3.05) is 15.5 Å².